The summed E-state index contributed by atoms with van der Waals surface area (Å²) in [5.74, 6) is -1.74. The van der Waals surface area contributed by atoms with Crippen LogP contribution in [-0.4, -0.2) is 45.3 Å². The Hall–Kier alpha value is -2.38. The lowest BCUT2D eigenvalue weighted by atomic mass is 9.94. The number of aromatic amines is 1. The predicted molar refractivity (Wildman–Crippen MR) is 105 cm³/mol. The van der Waals surface area contributed by atoms with E-state index in [9.17, 15) is 9.59 Å². The number of nitrogens with two attached hydrogens (primary N) is 1. The lowest BCUT2D eigenvalue weighted by molar-refractivity contribution is -0.142. The Kier molecular flexibility index (Phi) is 7.38. The standard InChI is InChI=1S/C12H14N2O2.C8H15NO2/c1-12(13,11(15)16)6-8-7-14-10-5-3-2-4-9(8)10;10-8(11)6-9-7-4-2-1-3-5-7/h2-5,7,14H,6,13H2,1H3,(H,15,16);7,9H,1-6H2,(H,10,11)/t12-;/m1./s1. The second kappa shape index (κ2) is 9.53. The van der Waals surface area contributed by atoms with Crippen LogP contribution in [0, 0.1) is 0 Å². The lowest BCUT2D eigenvalue weighted by Gasteiger charge is -2.21. The molecule has 3 rings (SSSR count). The molecule has 1 aliphatic carbocycles. The molecule has 1 fully saturated rings. The summed E-state index contributed by atoms with van der Waals surface area (Å²) in [5.41, 5.74) is 6.43. The van der Waals surface area contributed by atoms with E-state index in [2.05, 4.69) is 10.3 Å². The molecule has 1 aromatic heterocycles. The Labute approximate surface area is 159 Å². The van der Waals surface area contributed by atoms with Gasteiger partial charge in [-0.25, -0.2) is 0 Å². The molecule has 148 valence electrons. The fraction of sp³-hybridized carbons (Fsp3) is 0.500. The highest BCUT2D eigenvalue weighted by Gasteiger charge is 2.29. The minimum Gasteiger partial charge on any atom is -0.480 e. The Morgan fingerprint density at radius 3 is 2.52 bits per heavy atom. The maximum Gasteiger partial charge on any atom is 0.323 e. The zero-order valence-electron chi connectivity index (χ0n) is 15.7. The predicted octanol–water partition coefficient (Wildman–Crippen LogP) is 2.51. The molecular weight excluding hydrogens is 346 g/mol. The van der Waals surface area contributed by atoms with Crippen LogP contribution in [0.1, 0.15) is 44.6 Å². The number of carboxylic acids is 2. The number of aliphatic carboxylic acids is 2. The third-order valence-corrected chi connectivity index (χ3v) is 4.87. The molecular formula is C20H29N3O4. The van der Waals surface area contributed by atoms with Crippen molar-refractivity contribution in [1.29, 1.82) is 0 Å². The number of hydrogen-bond acceptors (Lipinski definition) is 4. The summed E-state index contributed by atoms with van der Waals surface area (Å²) in [6.45, 7) is 1.64. The monoisotopic (exact) mass is 375 g/mol. The molecule has 1 saturated carbocycles. The molecule has 0 unspecified atom stereocenters. The van der Waals surface area contributed by atoms with Crippen LogP contribution in [0.3, 0.4) is 0 Å². The molecule has 6 N–H and O–H groups in total. The molecule has 0 radical (unpaired) electrons. The topological polar surface area (TPSA) is 128 Å². The number of fused-ring (bicyclic) bond motifs is 1. The normalized spacial score (nSPS) is 17.0. The molecule has 7 heteroatoms. The van der Waals surface area contributed by atoms with Crippen LogP contribution in [0.5, 0.6) is 0 Å². The molecule has 1 aliphatic rings. The van der Waals surface area contributed by atoms with Crippen LogP contribution in [0.25, 0.3) is 10.9 Å². The van der Waals surface area contributed by atoms with E-state index >= 15 is 0 Å². The summed E-state index contributed by atoms with van der Waals surface area (Å²) in [6.07, 6.45) is 8.23. The van der Waals surface area contributed by atoms with Gasteiger partial charge in [0.2, 0.25) is 0 Å². The van der Waals surface area contributed by atoms with Crippen molar-refractivity contribution in [1.82, 2.24) is 10.3 Å². The summed E-state index contributed by atoms with van der Waals surface area (Å²) in [7, 11) is 0. The third-order valence-electron chi connectivity index (χ3n) is 4.87. The zero-order valence-corrected chi connectivity index (χ0v) is 15.7. The maximum atomic E-state index is 10.9. The molecule has 0 saturated heterocycles. The minimum absolute atomic E-state index is 0.116. The van der Waals surface area contributed by atoms with Crippen molar-refractivity contribution >= 4 is 22.8 Å². The van der Waals surface area contributed by atoms with Crippen molar-refractivity contribution < 1.29 is 19.8 Å². The van der Waals surface area contributed by atoms with Crippen molar-refractivity contribution in [3.05, 3.63) is 36.0 Å². The number of carboxylic acid groups (broad SMARTS) is 2. The highest BCUT2D eigenvalue weighted by molar-refractivity contribution is 5.85. The van der Waals surface area contributed by atoms with Gasteiger partial charge in [-0.3, -0.25) is 9.59 Å². The van der Waals surface area contributed by atoms with Crippen LogP contribution in [-0.2, 0) is 16.0 Å². The number of aromatic nitrogens is 1. The van der Waals surface area contributed by atoms with E-state index in [4.69, 9.17) is 15.9 Å². The third kappa shape index (κ3) is 6.37. The second-order valence-electron chi connectivity index (χ2n) is 7.37. The summed E-state index contributed by atoms with van der Waals surface area (Å²) in [5, 5.41) is 21.4. The minimum atomic E-state index is -1.23. The van der Waals surface area contributed by atoms with E-state index in [0.29, 0.717) is 12.5 Å². The Morgan fingerprint density at radius 1 is 1.22 bits per heavy atom. The van der Waals surface area contributed by atoms with Crippen LogP contribution < -0.4 is 11.1 Å². The number of carbonyl (C=O) groups is 2. The van der Waals surface area contributed by atoms with Gasteiger partial charge in [-0.2, -0.15) is 0 Å². The number of benzene rings is 1. The Bertz CT molecular complexity index is 763. The van der Waals surface area contributed by atoms with Gasteiger partial charge in [-0.15, -0.1) is 0 Å². The van der Waals surface area contributed by atoms with Gasteiger partial charge in [0, 0.05) is 29.6 Å². The van der Waals surface area contributed by atoms with Gasteiger partial charge in [0.15, 0.2) is 0 Å². The van der Waals surface area contributed by atoms with E-state index in [0.717, 1.165) is 29.3 Å². The van der Waals surface area contributed by atoms with Crippen LogP contribution in [0.15, 0.2) is 30.5 Å². The number of nitrogens with one attached hydrogen (secondary N) is 2. The number of hydrogen-bond donors (Lipinski definition) is 5. The van der Waals surface area contributed by atoms with Gasteiger partial charge >= 0.3 is 11.9 Å². The lowest BCUT2D eigenvalue weighted by Crippen LogP contribution is -2.46. The first kappa shape index (κ1) is 20.9. The van der Waals surface area contributed by atoms with Crippen molar-refractivity contribution in [3.8, 4) is 0 Å². The summed E-state index contributed by atoms with van der Waals surface area (Å²) in [4.78, 5) is 24.2. The first-order chi connectivity index (χ1) is 12.8. The van der Waals surface area contributed by atoms with Gasteiger partial charge in [0.05, 0.1) is 6.54 Å². The first-order valence-corrected chi connectivity index (χ1v) is 9.32. The van der Waals surface area contributed by atoms with Crippen molar-refractivity contribution in [2.45, 2.75) is 57.0 Å². The van der Waals surface area contributed by atoms with Gasteiger partial charge in [-0.1, -0.05) is 37.5 Å². The van der Waals surface area contributed by atoms with Crippen LogP contribution in [0.4, 0.5) is 0 Å². The number of rotatable bonds is 6. The summed E-state index contributed by atoms with van der Waals surface area (Å²) >= 11 is 0. The van der Waals surface area contributed by atoms with Gasteiger partial charge in [0.25, 0.3) is 0 Å². The van der Waals surface area contributed by atoms with Crippen molar-refractivity contribution in [2.24, 2.45) is 5.73 Å². The highest BCUT2D eigenvalue weighted by atomic mass is 16.4. The molecule has 1 aromatic carbocycles. The number of H-pyrrole nitrogens is 1. The first-order valence-electron chi connectivity index (χ1n) is 9.32. The van der Waals surface area contributed by atoms with E-state index in [1.165, 1.54) is 26.2 Å². The molecule has 2 aromatic rings. The fourth-order valence-electron chi connectivity index (χ4n) is 3.29. The summed E-state index contributed by atoms with van der Waals surface area (Å²) < 4.78 is 0. The van der Waals surface area contributed by atoms with Crippen LogP contribution >= 0.6 is 0 Å². The van der Waals surface area contributed by atoms with E-state index in [-0.39, 0.29) is 6.54 Å². The molecule has 1 heterocycles. The quantitative estimate of drug-likeness (QED) is 0.528. The molecule has 7 nitrogen and oxygen atoms in total. The SMILES string of the molecule is C[C@@](N)(Cc1c[nH]c2ccccc12)C(=O)O.O=C(O)CNC1CCCCC1. The van der Waals surface area contributed by atoms with E-state index in [1.54, 1.807) is 0 Å². The van der Waals surface area contributed by atoms with Gasteiger partial charge < -0.3 is 26.2 Å². The Morgan fingerprint density at radius 2 is 1.89 bits per heavy atom. The summed E-state index contributed by atoms with van der Waals surface area (Å²) in [6, 6.07) is 8.22. The van der Waals surface area contributed by atoms with E-state index < -0.39 is 17.5 Å². The number of para-hydroxylation sites is 1. The van der Waals surface area contributed by atoms with Crippen molar-refractivity contribution in [3.63, 3.8) is 0 Å². The second-order valence-corrected chi connectivity index (χ2v) is 7.37. The molecule has 0 aliphatic heterocycles. The molecule has 0 bridgehead atoms. The smallest absolute Gasteiger partial charge is 0.323 e. The van der Waals surface area contributed by atoms with Crippen LogP contribution in [0.2, 0.25) is 0 Å². The fourth-order valence-corrected chi connectivity index (χ4v) is 3.29. The highest BCUT2D eigenvalue weighted by Crippen LogP contribution is 2.21. The maximum absolute atomic E-state index is 10.9. The Balaban J connectivity index is 0.000000208. The molecule has 1 atom stereocenters. The van der Waals surface area contributed by atoms with Gasteiger partial charge in [-0.05, 0) is 31.4 Å². The largest absolute Gasteiger partial charge is 0.480 e. The van der Waals surface area contributed by atoms with Crippen molar-refractivity contribution in [2.75, 3.05) is 6.54 Å². The van der Waals surface area contributed by atoms with E-state index in [1.807, 2.05) is 30.5 Å². The van der Waals surface area contributed by atoms with Gasteiger partial charge in [0.1, 0.15) is 5.54 Å². The average Bonchev–Trinajstić information content (AvgIpc) is 3.04. The molecule has 0 amide bonds. The average molecular weight is 375 g/mol. The molecule has 0 spiro atoms. The molecule has 27 heavy (non-hydrogen) atoms. The zero-order chi connectivity index (χ0) is 19.9.